The summed E-state index contributed by atoms with van der Waals surface area (Å²) in [6, 6.07) is 7.65. The highest BCUT2D eigenvalue weighted by Gasteiger charge is 2.35. The highest BCUT2D eigenvalue weighted by atomic mass is 35.5. The Morgan fingerprint density at radius 1 is 1.20 bits per heavy atom. The van der Waals surface area contributed by atoms with E-state index in [0.29, 0.717) is 55.5 Å². The number of nitrogens with zero attached hydrogens (tertiary/aromatic N) is 4. The number of hydrogen-bond acceptors (Lipinski definition) is 6. The lowest BCUT2D eigenvalue weighted by atomic mass is 9.71. The van der Waals surface area contributed by atoms with Crippen LogP contribution in [0.1, 0.15) is 94.1 Å². The molecule has 5 rings (SSSR count). The number of allylic oxidation sites excluding steroid dienone is 1. The number of halogens is 1. The SMILES string of the molecule is C=C(CC1CCCC(C)(C)C1)NC[C@@H](C(=O)N1CCN(c2ncnc3c2[C@H](C)C[C@H]3O)CC1)c1ccc(Cl)cc1. The summed E-state index contributed by atoms with van der Waals surface area (Å²) < 4.78 is 0. The quantitative estimate of drug-likeness (QED) is 0.420. The smallest absolute Gasteiger partial charge is 0.232 e. The lowest BCUT2D eigenvalue weighted by molar-refractivity contribution is -0.133. The second kappa shape index (κ2) is 12.1. The van der Waals surface area contributed by atoms with Crippen molar-refractivity contribution in [2.24, 2.45) is 11.3 Å². The number of nitrogens with one attached hydrogen (secondary N) is 1. The van der Waals surface area contributed by atoms with Crippen LogP contribution in [0, 0.1) is 11.3 Å². The topological polar surface area (TPSA) is 81.6 Å². The van der Waals surface area contributed by atoms with Crippen LogP contribution < -0.4 is 10.2 Å². The van der Waals surface area contributed by atoms with Gasteiger partial charge in [-0.15, -0.1) is 0 Å². The van der Waals surface area contributed by atoms with E-state index in [1.54, 1.807) is 6.33 Å². The molecule has 1 aromatic heterocycles. The van der Waals surface area contributed by atoms with Crippen molar-refractivity contribution in [3.63, 3.8) is 0 Å². The molecule has 0 spiro atoms. The molecule has 0 bridgehead atoms. The van der Waals surface area contributed by atoms with Crippen LogP contribution in [0.2, 0.25) is 5.02 Å². The van der Waals surface area contributed by atoms with Crippen LogP contribution in [0.3, 0.4) is 0 Å². The maximum atomic E-state index is 13.9. The van der Waals surface area contributed by atoms with Gasteiger partial charge in [-0.25, -0.2) is 9.97 Å². The molecule has 216 valence electrons. The molecule has 2 heterocycles. The lowest BCUT2D eigenvalue weighted by Crippen LogP contribution is -2.51. The Bertz CT molecular complexity index is 1210. The largest absolute Gasteiger partial charge is 0.388 e. The maximum absolute atomic E-state index is 13.9. The number of benzene rings is 1. The van der Waals surface area contributed by atoms with E-state index in [1.807, 2.05) is 29.2 Å². The minimum absolute atomic E-state index is 0.123. The van der Waals surface area contributed by atoms with Gasteiger partial charge in [0.15, 0.2) is 0 Å². The van der Waals surface area contributed by atoms with Crippen molar-refractivity contribution in [3.8, 4) is 0 Å². The van der Waals surface area contributed by atoms with Crippen LogP contribution >= 0.6 is 11.6 Å². The van der Waals surface area contributed by atoms with Crippen LogP contribution in [0.5, 0.6) is 0 Å². The lowest BCUT2D eigenvalue weighted by Gasteiger charge is -2.38. The molecule has 2 aromatic rings. The predicted molar refractivity (Wildman–Crippen MR) is 161 cm³/mol. The minimum Gasteiger partial charge on any atom is -0.388 e. The second-order valence-electron chi connectivity index (χ2n) is 12.9. The van der Waals surface area contributed by atoms with E-state index in [2.05, 4.69) is 47.5 Å². The Kier molecular flexibility index (Phi) is 8.72. The van der Waals surface area contributed by atoms with E-state index in [-0.39, 0.29) is 17.7 Å². The van der Waals surface area contributed by atoms with Crippen molar-refractivity contribution in [1.29, 1.82) is 0 Å². The number of fused-ring (bicyclic) bond motifs is 1. The third-order valence-corrected chi connectivity index (χ3v) is 9.39. The highest BCUT2D eigenvalue weighted by molar-refractivity contribution is 6.30. The summed E-state index contributed by atoms with van der Waals surface area (Å²) in [6.07, 6.45) is 7.72. The summed E-state index contributed by atoms with van der Waals surface area (Å²) in [5, 5.41) is 14.6. The molecule has 8 heteroatoms. The Labute approximate surface area is 244 Å². The van der Waals surface area contributed by atoms with Crippen LogP contribution in [-0.2, 0) is 4.79 Å². The highest BCUT2D eigenvalue weighted by Crippen LogP contribution is 2.43. The minimum atomic E-state index is -0.526. The van der Waals surface area contributed by atoms with Crippen molar-refractivity contribution in [3.05, 3.63) is 64.7 Å². The molecule has 2 fully saturated rings. The van der Waals surface area contributed by atoms with E-state index >= 15 is 0 Å². The molecule has 0 radical (unpaired) electrons. The third kappa shape index (κ3) is 6.46. The Morgan fingerprint density at radius 3 is 2.62 bits per heavy atom. The standard InChI is InChI=1S/C32H44ClN5O2/c1-21-16-27(39)29-28(21)30(36-20-35-29)37-12-14-38(15-13-37)31(40)26(24-7-9-25(33)10-8-24)19-34-22(2)17-23-6-5-11-32(3,4)18-23/h7-10,20-21,23,26-27,34,39H,2,5-6,11-19H2,1,3-4H3/t21-,23?,26-,27-/m1/s1. The van der Waals surface area contributed by atoms with Crippen molar-refractivity contribution in [2.45, 2.75) is 77.2 Å². The predicted octanol–water partition coefficient (Wildman–Crippen LogP) is 5.81. The first kappa shape index (κ1) is 28.9. The van der Waals surface area contributed by atoms with Gasteiger partial charge in [-0.2, -0.15) is 0 Å². The third-order valence-electron chi connectivity index (χ3n) is 9.14. The number of aliphatic hydroxyl groups is 1. The number of aromatic nitrogens is 2. The molecule has 1 saturated carbocycles. The van der Waals surface area contributed by atoms with Gasteiger partial charge in [0, 0.05) is 49.0 Å². The molecule has 1 aliphatic heterocycles. The maximum Gasteiger partial charge on any atom is 0.232 e. The number of carbonyl (C=O) groups is 1. The van der Waals surface area contributed by atoms with Gasteiger partial charge in [-0.3, -0.25) is 4.79 Å². The fraction of sp³-hybridized carbons (Fsp3) is 0.594. The van der Waals surface area contributed by atoms with Gasteiger partial charge < -0.3 is 20.2 Å². The normalized spacial score (nSPS) is 24.9. The molecular formula is C32H44ClN5O2. The van der Waals surface area contributed by atoms with Gasteiger partial charge in [0.2, 0.25) is 5.91 Å². The number of amides is 1. The first-order valence-electron chi connectivity index (χ1n) is 14.8. The summed E-state index contributed by atoms with van der Waals surface area (Å²) in [4.78, 5) is 27.1. The van der Waals surface area contributed by atoms with Crippen molar-refractivity contribution >= 4 is 23.3 Å². The van der Waals surface area contributed by atoms with Gasteiger partial charge in [0.25, 0.3) is 0 Å². The molecule has 1 saturated heterocycles. The van der Waals surface area contributed by atoms with Gasteiger partial charge in [0.1, 0.15) is 12.1 Å². The van der Waals surface area contributed by atoms with Crippen molar-refractivity contribution in [1.82, 2.24) is 20.2 Å². The molecule has 2 N–H and O–H groups in total. The Hall–Kier alpha value is -2.64. The zero-order valence-corrected chi connectivity index (χ0v) is 25.0. The van der Waals surface area contributed by atoms with E-state index in [9.17, 15) is 9.90 Å². The van der Waals surface area contributed by atoms with Crippen LogP contribution in [0.4, 0.5) is 5.82 Å². The molecular weight excluding hydrogens is 522 g/mol. The average molecular weight is 566 g/mol. The molecule has 40 heavy (non-hydrogen) atoms. The second-order valence-corrected chi connectivity index (χ2v) is 13.3. The number of rotatable bonds is 8. The Balaban J connectivity index is 1.23. The first-order valence-corrected chi connectivity index (χ1v) is 15.2. The average Bonchev–Trinajstić information content (AvgIpc) is 3.22. The number of carbonyl (C=O) groups excluding carboxylic acids is 1. The number of hydrogen-bond donors (Lipinski definition) is 2. The van der Waals surface area contributed by atoms with E-state index < -0.39 is 6.10 Å². The number of anilines is 1. The summed E-state index contributed by atoms with van der Waals surface area (Å²) in [6.45, 7) is 14.3. The zero-order valence-electron chi connectivity index (χ0n) is 24.2. The van der Waals surface area contributed by atoms with Crippen LogP contribution in [0.15, 0.2) is 42.9 Å². The van der Waals surface area contributed by atoms with Gasteiger partial charge in [0.05, 0.1) is 17.7 Å². The zero-order chi connectivity index (χ0) is 28.4. The van der Waals surface area contributed by atoms with Crippen molar-refractivity contribution in [2.75, 3.05) is 37.6 Å². The molecule has 7 nitrogen and oxygen atoms in total. The number of piperazine rings is 1. The van der Waals surface area contributed by atoms with E-state index in [1.165, 1.54) is 25.7 Å². The summed E-state index contributed by atoms with van der Waals surface area (Å²) in [7, 11) is 0. The van der Waals surface area contributed by atoms with Crippen LogP contribution in [-0.4, -0.2) is 58.6 Å². The Morgan fingerprint density at radius 2 is 1.93 bits per heavy atom. The summed E-state index contributed by atoms with van der Waals surface area (Å²) in [5.41, 5.74) is 4.19. The van der Waals surface area contributed by atoms with Gasteiger partial charge in [-0.05, 0) is 60.6 Å². The molecule has 1 aromatic carbocycles. The van der Waals surface area contributed by atoms with Gasteiger partial charge in [-0.1, -0.05) is 63.9 Å². The molecule has 3 aliphatic rings. The first-order chi connectivity index (χ1) is 19.1. The summed E-state index contributed by atoms with van der Waals surface area (Å²) >= 11 is 6.18. The van der Waals surface area contributed by atoms with E-state index in [4.69, 9.17) is 11.6 Å². The molecule has 4 atom stereocenters. The fourth-order valence-corrected chi connectivity index (χ4v) is 7.18. The van der Waals surface area contributed by atoms with Crippen LogP contribution in [0.25, 0.3) is 0 Å². The van der Waals surface area contributed by atoms with E-state index in [0.717, 1.165) is 34.8 Å². The molecule has 1 amide bonds. The van der Waals surface area contributed by atoms with Crippen molar-refractivity contribution < 1.29 is 9.90 Å². The molecule has 1 unspecified atom stereocenters. The summed E-state index contributed by atoms with van der Waals surface area (Å²) in [5.74, 6) is 1.57. The number of aliphatic hydroxyl groups excluding tert-OH is 1. The monoisotopic (exact) mass is 565 g/mol. The molecule has 2 aliphatic carbocycles. The van der Waals surface area contributed by atoms with Gasteiger partial charge >= 0.3 is 0 Å². The fourth-order valence-electron chi connectivity index (χ4n) is 7.05.